The summed E-state index contributed by atoms with van der Waals surface area (Å²) in [6.07, 6.45) is 13.4. The van der Waals surface area contributed by atoms with Gasteiger partial charge in [-0.25, -0.2) is 0 Å². The quantitative estimate of drug-likeness (QED) is 0.681. The van der Waals surface area contributed by atoms with Crippen molar-refractivity contribution in [1.29, 1.82) is 5.26 Å². The molecule has 1 heterocycles. The fourth-order valence-electron chi connectivity index (χ4n) is 4.82. The van der Waals surface area contributed by atoms with Gasteiger partial charge < -0.3 is 4.90 Å². The number of nitriles is 1. The smallest absolute Gasteiger partial charge is 0.0953 e. The zero-order valence-corrected chi connectivity index (χ0v) is 17.8. The average molecular weight is 417 g/mol. The normalized spacial score (nSPS) is 20.6. The summed E-state index contributed by atoms with van der Waals surface area (Å²) in [5, 5.41) is 17.5. The molecule has 0 amide bonds. The highest BCUT2D eigenvalue weighted by Gasteiger charge is 2.37. The molecule has 1 saturated carbocycles. The molecule has 1 aromatic carbocycles. The third-order valence-corrected chi connectivity index (χ3v) is 6.85. The van der Waals surface area contributed by atoms with Crippen LogP contribution in [0.25, 0.3) is 11.3 Å². The van der Waals surface area contributed by atoms with Crippen LogP contribution in [0.15, 0.2) is 48.7 Å². The number of fused-ring (bicyclic) bond motifs is 1. The van der Waals surface area contributed by atoms with Crippen LogP contribution >= 0.6 is 11.6 Å². The average Bonchev–Trinajstić information content (AvgIpc) is 3.49. The molecule has 152 valence electrons. The number of hydrogen-bond donors (Lipinski definition) is 1. The summed E-state index contributed by atoms with van der Waals surface area (Å²) in [5.74, 6) is 0. The minimum Gasteiger partial charge on any atom is -0.365 e. The van der Waals surface area contributed by atoms with Gasteiger partial charge in [-0.15, -0.1) is 0 Å². The van der Waals surface area contributed by atoms with Gasteiger partial charge >= 0.3 is 0 Å². The number of nitrogens with zero attached hydrogens (tertiary/aromatic N) is 3. The van der Waals surface area contributed by atoms with Crippen LogP contribution in [0, 0.1) is 11.3 Å². The second-order valence-corrected chi connectivity index (χ2v) is 8.90. The van der Waals surface area contributed by atoms with Crippen LogP contribution in [-0.2, 0) is 12.8 Å². The Balaban J connectivity index is 1.43. The van der Waals surface area contributed by atoms with Crippen LogP contribution in [0.2, 0.25) is 5.02 Å². The Morgan fingerprint density at radius 1 is 1.23 bits per heavy atom. The van der Waals surface area contributed by atoms with Crippen molar-refractivity contribution < 1.29 is 0 Å². The Bertz CT molecular complexity index is 1100. The maximum atomic E-state index is 9.48. The van der Waals surface area contributed by atoms with Gasteiger partial charge in [-0.3, -0.25) is 5.10 Å². The van der Waals surface area contributed by atoms with Crippen LogP contribution in [-0.4, -0.2) is 27.2 Å². The van der Waals surface area contributed by atoms with Crippen molar-refractivity contribution >= 4 is 22.9 Å². The molecule has 0 aliphatic heterocycles. The van der Waals surface area contributed by atoms with Crippen LogP contribution in [0.1, 0.15) is 54.5 Å². The summed E-state index contributed by atoms with van der Waals surface area (Å²) >= 11 is 6.72. The highest BCUT2D eigenvalue weighted by atomic mass is 35.5. The van der Waals surface area contributed by atoms with E-state index in [0.29, 0.717) is 17.1 Å². The number of nitrogens with one attached hydrogen (secondary N) is 1. The van der Waals surface area contributed by atoms with Crippen LogP contribution in [0.4, 0.5) is 0 Å². The molecule has 1 fully saturated rings. The molecular formula is C25H25ClN4. The number of halogens is 1. The molecule has 4 nitrogen and oxygen atoms in total. The maximum absolute atomic E-state index is 9.48. The molecule has 0 spiro atoms. The van der Waals surface area contributed by atoms with Gasteiger partial charge in [0.05, 0.1) is 12.3 Å². The first-order valence-corrected chi connectivity index (χ1v) is 11.1. The van der Waals surface area contributed by atoms with E-state index in [1.54, 1.807) is 0 Å². The van der Waals surface area contributed by atoms with Gasteiger partial charge in [0, 0.05) is 39.6 Å². The van der Waals surface area contributed by atoms with E-state index >= 15 is 0 Å². The minimum absolute atomic E-state index is 0.447. The number of aryl methyl sites for hydroxylation is 1. The lowest BCUT2D eigenvalue weighted by atomic mass is 9.90. The number of benzene rings is 1. The van der Waals surface area contributed by atoms with E-state index in [1.807, 2.05) is 24.4 Å². The minimum atomic E-state index is 0.447. The lowest BCUT2D eigenvalue weighted by Crippen LogP contribution is -2.39. The number of H-pyrrole nitrogens is 1. The molecule has 5 heteroatoms. The van der Waals surface area contributed by atoms with Gasteiger partial charge in [0.15, 0.2) is 0 Å². The lowest BCUT2D eigenvalue weighted by molar-refractivity contribution is 0.259. The second kappa shape index (κ2) is 7.81. The third kappa shape index (κ3) is 3.48. The predicted octanol–water partition coefficient (Wildman–Crippen LogP) is 5.68. The Morgan fingerprint density at radius 2 is 2.10 bits per heavy atom. The van der Waals surface area contributed by atoms with E-state index in [-0.39, 0.29) is 0 Å². The van der Waals surface area contributed by atoms with Gasteiger partial charge in [0.2, 0.25) is 0 Å². The zero-order valence-electron chi connectivity index (χ0n) is 17.0. The van der Waals surface area contributed by atoms with Gasteiger partial charge in [-0.05, 0) is 67.7 Å². The predicted molar refractivity (Wildman–Crippen MR) is 121 cm³/mol. The molecule has 1 N–H and O–H groups in total. The number of allylic oxidation sites excluding steroid dienone is 4. The Labute approximate surface area is 182 Å². The summed E-state index contributed by atoms with van der Waals surface area (Å²) in [6, 6.07) is 9.54. The van der Waals surface area contributed by atoms with Crippen molar-refractivity contribution in [1.82, 2.24) is 15.1 Å². The number of rotatable bonds is 5. The first-order valence-electron chi connectivity index (χ1n) is 10.7. The molecule has 5 rings (SSSR count). The summed E-state index contributed by atoms with van der Waals surface area (Å²) in [5.41, 5.74) is 7.41. The number of aromatic nitrogens is 2. The third-order valence-electron chi connectivity index (χ3n) is 6.53. The highest BCUT2D eigenvalue weighted by molar-refractivity contribution is 6.32. The SMILES string of the molecule is C=C(c1ccc(C2=C(C#N)CCC=C2)c(Cl)c1)N(C1CC1)C1CCc2[nH]ncc2C1. The number of hydrogen-bond acceptors (Lipinski definition) is 3. The molecule has 30 heavy (non-hydrogen) atoms. The molecule has 3 aliphatic rings. The van der Waals surface area contributed by atoms with Gasteiger partial charge in [0.1, 0.15) is 0 Å². The molecule has 1 atom stereocenters. The van der Waals surface area contributed by atoms with Crippen LogP contribution < -0.4 is 0 Å². The van der Waals surface area contributed by atoms with E-state index in [9.17, 15) is 5.26 Å². The summed E-state index contributed by atoms with van der Waals surface area (Å²) < 4.78 is 0. The van der Waals surface area contributed by atoms with E-state index in [2.05, 4.69) is 39.9 Å². The standard InChI is InChI=1S/C25H25ClN4/c1-16(30(20-7-8-20)21-9-11-25-19(12-21)15-28-29-25)17-6-10-23(24(26)13-17)22-5-3-2-4-18(22)14-27/h3,5-6,10,13,15,20-21H,1-2,4,7-9,11-12H2,(H,28,29). The fraction of sp³-hybridized carbons (Fsp3) is 0.360. The van der Waals surface area contributed by atoms with Crippen molar-refractivity contribution in [2.75, 3.05) is 0 Å². The van der Waals surface area contributed by atoms with Gasteiger partial charge in [-0.2, -0.15) is 10.4 Å². The first kappa shape index (κ1) is 19.2. The monoisotopic (exact) mass is 416 g/mol. The number of aromatic amines is 1. The molecule has 2 aromatic rings. The van der Waals surface area contributed by atoms with Crippen molar-refractivity contribution in [2.45, 2.75) is 57.0 Å². The van der Waals surface area contributed by atoms with Gasteiger partial charge in [-0.1, -0.05) is 42.5 Å². The highest BCUT2D eigenvalue weighted by Crippen LogP contribution is 2.40. The van der Waals surface area contributed by atoms with E-state index in [4.69, 9.17) is 11.6 Å². The van der Waals surface area contributed by atoms with Crippen molar-refractivity contribution in [3.8, 4) is 6.07 Å². The first-order chi connectivity index (χ1) is 14.7. The lowest BCUT2D eigenvalue weighted by Gasteiger charge is -2.37. The largest absolute Gasteiger partial charge is 0.365 e. The van der Waals surface area contributed by atoms with E-state index in [1.165, 1.54) is 24.1 Å². The van der Waals surface area contributed by atoms with Crippen molar-refractivity contribution in [3.63, 3.8) is 0 Å². The molecule has 1 unspecified atom stereocenters. The van der Waals surface area contributed by atoms with E-state index < -0.39 is 0 Å². The summed E-state index contributed by atoms with van der Waals surface area (Å²) in [7, 11) is 0. The summed E-state index contributed by atoms with van der Waals surface area (Å²) in [6.45, 7) is 4.49. The molecular weight excluding hydrogens is 392 g/mol. The maximum Gasteiger partial charge on any atom is 0.0953 e. The summed E-state index contributed by atoms with van der Waals surface area (Å²) in [4.78, 5) is 2.53. The molecule has 0 bridgehead atoms. The van der Waals surface area contributed by atoms with Crippen molar-refractivity contribution in [2.24, 2.45) is 0 Å². The van der Waals surface area contributed by atoms with E-state index in [0.717, 1.165) is 60.1 Å². The topological polar surface area (TPSA) is 55.7 Å². The Morgan fingerprint density at radius 3 is 2.87 bits per heavy atom. The van der Waals surface area contributed by atoms with Gasteiger partial charge in [0.25, 0.3) is 0 Å². The molecule has 3 aliphatic carbocycles. The fourth-order valence-corrected chi connectivity index (χ4v) is 5.10. The second-order valence-electron chi connectivity index (χ2n) is 8.50. The zero-order chi connectivity index (χ0) is 20.7. The van der Waals surface area contributed by atoms with Crippen molar-refractivity contribution in [3.05, 3.63) is 76.1 Å². The molecule has 0 radical (unpaired) electrons. The molecule has 1 aromatic heterocycles. The Kier molecular flexibility index (Phi) is 5.00. The van der Waals surface area contributed by atoms with Crippen LogP contribution in [0.5, 0.6) is 0 Å². The van der Waals surface area contributed by atoms with Crippen LogP contribution in [0.3, 0.4) is 0 Å². The Hall–Kier alpha value is -2.77. The molecule has 0 saturated heterocycles.